The summed E-state index contributed by atoms with van der Waals surface area (Å²) in [5.74, 6) is -0.233. The molecule has 0 amide bonds. The van der Waals surface area contributed by atoms with Gasteiger partial charge in [-0.1, -0.05) is 6.07 Å². The summed E-state index contributed by atoms with van der Waals surface area (Å²) in [5, 5.41) is 0. The zero-order chi connectivity index (χ0) is 9.97. The largest absolute Gasteiger partial charge is 0.241 e. The number of benzene rings is 1. The molecule has 1 nitrogen and oxygen atoms in total. The monoisotopic (exact) mass is 251 g/mol. The molecule has 70 valence electrons. The van der Waals surface area contributed by atoms with Crippen LogP contribution in [0.1, 0.15) is 0 Å². The zero-order valence-corrected chi connectivity index (χ0v) is 8.83. The van der Waals surface area contributed by atoms with Gasteiger partial charge in [0.2, 0.25) is 0 Å². The molecular formula is C11H7BrFN. The third-order valence-corrected chi connectivity index (χ3v) is 2.30. The Labute approximate surface area is 89.7 Å². The maximum atomic E-state index is 12.7. The standard InChI is InChI=1S/C11H7BrFN/c12-11-3-1-2-10(14-11)8-4-6-9(13)7-5-8/h1-7H. The molecule has 0 aliphatic rings. The third-order valence-electron chi connectivity index (χ3n) is 1.86. The molecule has 1 aromatic carbocycles. The van der Waals surface area contributed by atoms with Crippen molar-refractivity contribution >= 4 is 15.9 Å². The lowest BCUT2D eigenvalue weighted by Crippen LogP contribution is -1.83. The number of pyridine rings is 1. The molecule has 0 saturated heterocycles. The van der Waals surface area contributed by atoms with Crippen LogP contribution >= 0.6 is 15.9 Å². The van der Waals surface area contributed by atoms with E-state index in [1.807, 2.05) is 18.2 Å². The molecule has 0 atom stereocenters. The predicted molar refractivity (Wildman–Crippen MR) is 57.3 cm³/mol. The van der Waals surface area contributed by atoms with Gasteiger partial charge in [0, 0.05) is 5.56 Å². The molecule has 1 aromatic heterocycles. The van der Waals surface area contributed by atoms with E-state index in [9.17, 15) is 4.39 Å². The van der Waals surface area contributed by atoms with Crippen LogP contribution < -0.4 is 0 Å². The fourth-order valence-corrected chi connectivity index (χ4v) is 1.53. The van der Waals surface area contributed by atoms with Crippen LogP contribution in [0.3, 0.4) is 0 Å². The Bertz CT molecular complexity index is 439. The van der Waals surface area contributed by atoms with Gasteiger partial charge in [0.05, 0.1) is 5.69 Å². The van der Waals surface area contributed by atoms with Crippen molar-refractivity contribution < 1.29 is 4.39 Å². The summed E-state index contributed by atoms with van der Waals surface area (Å²) in [6.07, 6.45) is 0. The van der Waals surface area contributed by atoms with Crippen molar-refractivity contribution in [1.29, 1.82) is 0 Å². The van der Waals surface area contributed by atoms with Crippen LogP contribution in [0, 0.1) is 5.82 Å². The second-order valence-electron chi connectivity index (χ2n) is 2.85. The quantitative estimate of drug-likeness (QED) is 0.706. The van der Waals surface area contributed by atoms with Gasteiger partial charge in [-0.05, 0) is 52.3 Å². The second kappa shape index (κ2) is 3.88. The number of nitrogens with zero attached hydrogens (tertiary/aromatic N) is 1. The molecule has 3 heteroatoms. The number of hydrogen-bond donors (Lipinski definition) is 0. The Morgan fingerprint density at radius 3 is 2.36 bits per heavy atom. The topological polar surface area (TPSA) is 12.9 Å². The fraction of sp³-hybridized carbons (Fsp3) is 0. The average Bonchev–Trinajstić information content (AvgIpc) is 2.19. The Balaban J connectivity index is 2.44. The van der Waals surface area contributed by atoms with Gasteiger partial charge in [-0.2, -0.15) is 0 Å². The Kier molecular flexibility index (Phi) is 2.59. The van der Waals surface area contributed by atoms with E-state index in [-0.39, 0.29) is 5.82 Å². The Hall–Kier alpha value is -1.22. The molecule has 1 heterocycles. The summed E-state index contributed by atoms with van der Waals surface area (Å²) in [5.41, 5.74) is 1.74. The molecule has 0 aliphatic heterocycles. The number of halogens is 2. The minimum atomic E-state index is -0.233. The molecule has 2 aromatic rings. The van der Waals surface area contributed by atoms with Crippen LogP contribution in [0.2, 0.25) is 0 Å². The fourth-order valence-electron chi connectivity index (χ4n) is 1.19. The van der Waals surface area contributed by atoms with E-state index < -0.39 is 0 Å². The van der Waals surface area contributed by atoms with Gasteiger partial charge in [-0.3, -0.25) is 0 Å². The third kappa shape index (κ3) is 1.99. The van der Waals surface area contributed by atoms with E-state index >= 15 is 0 Å². The summed E-state index contributed by atoms with van der Waals surface area (Å²) >= 11 is 3.29. The van der Waals surface area contributed by atoms with Gasteiger partial charge in [-0.15, -0.1) is 0 Å². The maximum Gasteiger partial charge on any atom is 0.123 e. The molecule has 0 aliphatic carbocycles. The lowest BCUT2D eigenvalue weighted by Gasteiger charge is -2.00. The number of hydrogen-bond acceptors (Lipinski definition) is 1. The van der Waals surface area contributed by atoms with Crippen molar-refractivity contribution in [2.75, 3.05) is 0 Å². The minimum Gasteiger partial charge on any atom is -0.241 e. The Morgan fingerprint density at radius 2 is 1.71 bits per heavy atom. The normalized spacial score (nSPS) is 10.1. The molecule has 14 heavy (non-hydrogen) atoms. The lowest BCUT2D eigenvalue weighted by atomic mass is 10.1. The molecule has 0 N–H and O–H groups in total. The highest BCUT2D eigenvalue weighted by molar-refractivity contribution is 9.10. The highest BCUT2D eigenvalue weighted by atomic mass is 79.9. The van der Waals surface area contributed by atoms with Crippen LogP contribution in [0.15, 0.2) is 47.1 Å². The van der Waals surface area contributed by atoms with Crippen molar-refractivity contribution in [3.8, 4) is 11.3 Å². The van der Waals surface area contributed by atoms with Crippen molar-refractivity contribution in [1.82, 2.24) is 4.98 Å². The first-order valence-electron chi connectivity index (χ1n) is 4.14. The summed E-state index contributed by atoms with van der Waals surface area (Å²) in [4.78, 5) is 4.27. The molecule has 0 radical (unpaired) electrons. The highest BCUT2D eigenvalue weighted by Gasteiger charge is 1.99. The first-order chi connectivity index (χ1) is 6.75. The minimum absolute atomic E-state index is 0.233. The van der Waals surface area contributed by atoms with E-state index in [0.29, 0.717) is 0 Å². The van der Waals surface area contributed by atoms with Gasteiger partial charge in [0.25, 0.3) is 0 Å². The summed E-state index contributed by atoms with van der Waals surface area (Å²) in [7, 11) is 0. The number of rotatable bonds is 1. The van der Waals surface area contributed by atoms with Gasteiger partial charge < -0.3 is 0 Å². The van der Waals surface area contributed by atoms with Crippen molar-refractivity contribution in [2.45, 2.75) is 0 Å². The predicted octanol–water partition coefficient (Wildman–Crippen LogP) is 3.65. The number of aromatic nitrogens is 1. The average molecular weight is 252 g/mol. The summed E-state index contributed by atoms with van der Waals surface area (Å²) in [6.45, 7) is 0. The second-order valence-corrected chi connectivity index (χ2v) is 3.66. The van der Waals surface area contributed by atoms with Crippen molar-refractivity contribution in [3.63, 3.8) is 0 Å². The van der Waals surface area contributed by atoms with Crippen molar-refractivity contribution in [2.24, 2.45) is 0 Å². The highest BCUT2D eigenvalue weighted by Crippen LogP contribution is 2.19. The smallest absolute Gasteiger partial charge is 0.123 e. The summed E-state index contributed by atoms with van der Waals surface area (Å²) < 4.78 is 13.4. The molecular weight excluding hydrogens is 245 g/mol. The van der Waals surface area contributed by atoms with Gasteiger partial charge >= 0.3 is 0 Å². The van der Waals surface area contributed by atoms with Crippen LogP contribution in [0.25, 0.3) is 11.3 Å². The first kappa shape index (κ1) is 9.34. The molecule has 0 saturated carbocycles. The van der Waals surface area contributed by atoms with Gasteiger partial charge in [0.1, 0.15) is 10.4 Å². The van der Waals surface area contributed by atoms with E-state index in [2.05, 4.69) is 20.9 Å². The molecule has 0 spiro atoms. The van der Waals surface area contributed by atoms with E-state index in [1.165, 1.54) is 12.1 Å². The molecule has 0 unspecified atom stereocenters. The maximum absolute atomic E-state index is 12.7. The van der Waals surface area contributed by atoms with Crippen LogP contribution in [-0.4, -0.2) is 4.98 Å². The summed E-state index contributed by atoms with van der Waals surface area (Å²) in [6, 6.07) is 11.9. The van der Waals surface area contributed by atoms with E-state index in [4.69, 9.17) is 0 Å². The van der Waals surface area contributed by atoms with E-state index in [1.54, 1.807) is 12.1 Å². The SMILES string of the molecule is Fc1ccc(-c2cccc(Br)n2)cc1. The van der Waals surface area contributed by atoms with Crippen molar-refractivity contribution in [3.05, 3.63) is 52.9 Å². The van der Waals surface area contributed by atoms with E-state index in [0.717, 1.165) is 15.9 Å². The molecule has 2 rings (SSSR count). The molecule has 0 bridgehead atoms. The van der Waals surface area contributed by atoms with Crippen LogP contribution in [0.5, 0.6) is 0 Å². The molecule has 0 fully saturated rings. The zero-order valence-electron chi connectivity index (χ0n) is 7.24. The first-order valence-corrected chi connectivity index (χ1v) is 4.93. The van der Waals surface area contributed by atoms with Crippen LogP contribution in [-0.2, 0) is 0 Å². The van der Waals surface area contributed by atoms with Gasteiger partial charge in [0.15, 0.2) is 0 Å². The lowest BCUT2D eigenvalue weighted by molar-refractivity contribution is 0.628. The Morgan fingerprint density at radius 1 is 1.00 bits per heavy atom. The van der Waals surface area contributed by atoms with Gasteiger partial charge in [-0.25, -0.2) is 9.37 Å². The van der Waals surface area contributed by atoms with Crippen LogP contribution in [0.4, 0.5) is 4.39 Å².